The molecule has 0 fully saturated rings. The first-order valence-corrected chi connectivity index (χ1v) is 11.8. The van der Waals surface area contributed by atoms with E-state index in [9.17, 15) is 14.7 Å². The summed E-state index contributed by atoms with van der Waals surface area (Å²) in [5, 5.41) is 10.1. The quantitative estimate of drug-likeness (QED) is 0.233. The van der Waals surface area contributed by atoms with Gasteiger partial charge in [-0.05, 0) is 36.8 Å². The fourth-order valence-corrected chi connectivity index (χ4v) is 4.51. The third kappa shape index (κ3) is 5.13. The van der Waals surface area contributed by atoms with Gasteiger partial charge in [-0.25, -0.2) is 9.78 Å². The van der Waals surface area contributed by atoms with Crippen molar-refractivity contribution in [3.05, 3.63) is 105 Å². The first-order chi connectivity index (χ1) is 16.9. The highest BCUT2D eigenvalue weighted by Gasteiger charge is 2.23. The fraction of sp³-hybridized carbons (Fsp3) is 0.200. The third-order valence-corrected chi connectivity index (χ3v) is 6.58. The van der Waals surface area contributed by atoms with E-state index in [1.165, 1.54) is 23.4 Å². The molecule has 2 aromatic heterocycles. The van der Waals surface area contributed by atoms with Crippen LogP contribution in [0.15, 0.2) is 92.8 Å². The van der Waals surface area contributed by atoms with E-state index < -0.39 is 17.3 Å². The number of aliphatic hydroxyl groups excluding tert-OH is 1. The van der Waals surface area contributed by atoms with E-state index in [2.05, 4.69) is 4.98 Å². The van der Waals surface area contributed by atoms with Gasteiger partial charge in [0.25, 0.3) is 5.56 Å². The maximum Gasteiger partial charge on any atom is 0.332 e. The highest BCUT2D eigenvalue weighted by molar-refractivity contribution is 8.14. The summed E-state index contributed by atoms with van der Waals surface area (Å²) in [4.78, 5) is 35.6. The number of hydrogen-bond donors (Lipinski definition) is 2. The molecule has 0 saturated heterocycles. The fourth-order valence-electron chi connectivity index (χ4n) is 3.57. The topological polar surface area (TPSA) is 120 Å². The van der Waals surface area contributed by atoms with Crippen LogP contribution in [0.3, 0.4) is 0 Å². The van der Waals surface area contributed by atoms with Gasteiger partial charge in [0.15, 0.2) is 0 Å². The third-order valence-electron chi connectivity index (χ3n) is 5.55. The first kappa shape index (κ1) is 24.2. The van der Waals surface area contributed by atoms with E-state index in [0.29, 0.717) is 11.6 Å². The molecule has 35 heavy (non-hydrogen) atoms. The highest BCUT2D eigenvalue weighted by Crippen LogP contribution is 2.26. The zero-order valence-electron chi connectivity index (χ0n) is 19.4. The summed E-state index contributed by atoms with van der Waals surface area (Å²) in [6.07, 6.45) is 5.30. The minimum Gasteiger partial charge on any atom is -0.394 e. The van der Waals surface area contributed by atoms with Gasteiger partial charge >= 0.3 is 5.69 Å². The summed E-state index contributed by atoms with van der Waals surface area (Å²) >= 11 is 1.30. The van der Waals surface area contributed by atoms with Crippen molar-refractivity contribution < 1.29 is 5.11 Å². The molecule has 2 aromatic carbocycles. The van der Waals surface area contributed by atoms with Crippen molar-refractivity contribution in [1.82, 2.24) is 18.7 Å². The monoisotopic (exact) mass is 490 g/mol. The van der Waals surface area contributed by atoms with Crippen LogP contribution >= 0.6 is 11.8 Å². The van der Waals surface area contributed by atoms with Gasteiger partial charge in [0, 0.05) is 30.0 Å². The first-order valence-electron chi connectivity index (χ1n) is 11.0. The van der Waals surface area contributed by atoms with E-state index in [4.69, 9.17) is 10.7 Å². The summed E-state index contributed by atoms with van der Waals surface area (Å²) in [6.45, 7) is 1.66. The Kier molecular flexibility index (Phi) is 7.33. The van der Waals surface area contributed by atoms with E-state index in [0.717, 1.165) is 20.7 Å². The van der Waals surface area contributed by atoms with Crippen molar-refractivity contribution in [2.75, 3.05) is 12.3 Å². The molecule has 9 nitrogen and oxygen atoms in total. The molecule has 0 radical (unpaired) electrons. The molecule has 0 aliphatic heterocycles. The second kappa shape index (κ2) is 10.6. The van der Waals surface area contributed by atoms with E-state index in [1.807, 2.05) is 65.4 Å². The summed E-state index contributed by atoms with van der Waals surface area (Å²) in [5.74, 6) is -0.0164. The van der Waals surface area contributed by atoms with Gasteiger partial charge in [0.05, 0.1) is 25.5 Å². The van der Waals surface area contributed by atoms with Crippen molar-refractivity contribution >= 4 is 22.6 Å². The second-order valence-electron chi connectivity index (χ2n) is 7.98. The number of nitrogens with two attached hydrogens (primary N) is 1. The Labute approximate surface area is 206 Å². The number of imidazole rings is 1. The number of aromatic nitrogens is 4. The number of thioether (sulfide) groups is 1. The number of aliphatic hydroxyl groups is 1. The predicted molar refractivity (Wildman–Crippen MR) is 138 cm³/mol. The molecule has 4 rings (SSSR count). The Morgan fingerprint density at radius 1 is 1.14 bits per heavy atom. The SMILES string of the molecule is CC(CO)n1c(N)c(C(=NCc2ccc(-n3ccnc3)cc2)Sc2ccccc2)c(=O)n(C)c1=O. The lowest BCUT2D eigenvalue weighted by atomic mass is 10.2. The van der Waals surface area contributed by atoms with Crippen LogP contribution in [0, 0.1) is 0 Å². The van der Waals surface area contributed by atoms with Crippen LogP contribution in [-0.4, -0.2) is 35.4 Å². The van der Waals surface area contributed by atoms with Crippen LogP contribution in [0.1, 0.15) is 24.1 Å². The molecule has 0 saturated carbocycles. The van der Waals surface area contributed by atoms with Gasteiger partial charge in [0.2, 0.25) is 0 Å². The Bertz CT molecular complexity index is 1440. The van der Waals surface area contributed by atoms with E-state index >= 15 is 0 Å². The molecule has 1 atom stereocenters. The molecule has 0 bridgehead atoms. The van der Waals surface area contributed by atoms with Gasteiger partial charge in [0.1, 0.15) is 16.4 Å². The molecule has 180 valence electrons. The number of hydrogen-bond acceptors (Lipinski definition) is 7. The van der Waals surface area contributed by atoms with Gasteiger partial charge in [-0.2, -0.15) is 0 Å². The number of benzene rings is 2. The summed E-state index contributed by atoms with van der Waals surface area (Å²) in [5.41, 5.74) is 7.28. The Hall–Kier alpha value is -3.89. The summed E-state index contributed by atoms with van der Waals surface area (Å²) in [6, 6.07) is 16.8. The normalized spacial score (nSPS) is 12.6. The molecule has 3 N–H and O–H groups in total. The number of nitrogen functional groups attached to an aromatic ring is 1. The van der Waals surface area contributed by atoms with Crippen LogP contribution in [0.2, 0.25) is 0 Å². The lowest BCUT2D eigenvalue weighted by Crippen LogP contribution is -2.43. The van der Waals surface area contributed by atoms with Crippen LogP contribution in [-0.2, 0) is 13.6 Å². The zero-order chi connectivity index (χ0) is 24.9. The van der Waals surface area contributed by atoms with Crippen LogP contribution in [0.5, 0.6) is 0 Å². The van der Waals surface area contributed by atoms with E-state index in [1.54, 1.807) is 19.4 Å². The number of anilines is 1. The van der Waals surface area contributed by atoms with Crippen molar-refractivity contribution in [2.24, 2.45) is 12.0 Å². The van der Waals surface area contributed by atoms with Crippen molar-refractivity contribution in [1.29, 1.82) is 0 Å². The molecular weight excluding hydrogens is 464 g/mol. The van der Waals surface area contributed by atoms with E-state index in [-0.39, 0.29) is 18.0 Å². The summed E-state index contributed by atoms with van der Waals surface area (Å²) in [7, 11) is 1.40. The molecule has 0 aliphatic rings. The standard InChI is InChI=1S/C25H26N6O3S/c1-17(15-32)31-22(26)21(24(33)29(2)25(31)34)23(35-20-6-4-3-5-7-20)28-14-18-8-10-19(11-9-18)30-13-12-27-16-30/h3-13,16-17,32H,14-15,26H2,1-2H3. The Morgan fingerprint density at radius 2 is 1.86 bits per heavy atom. The van der Waals surface area contributed by atoms with Gasteiger partial charge in [-0.15, -0.1) is 0 Å². The molecular formula is C25H26N6O3S. The molecule has 0 spiro atoms. The van der Waals surface area contributed by atoms with Gasteiger partial charge in [-0.3, -0.25) is 18.9 Å². The smallest absolute Gasteiger partial charge is 0.332 e. The molecule has 2 heterocycles. The minimum atomic E-state index is -0.605. The Morgan fingerprint density at radius 3 is 2.49 bits per heavy atom. The molecule has 0 amide bonds. The van der Waals surface area contributed by atoms with Crippen LogP contribution in [0.4, 0.5) is 5.82 Å². The zero-order valence-corrected chi connectivity index (χ0v) is 20.2. The lowest BCUT2D eigenvalue weighted by Gasteiger charge is -2.19. The summed E-state index contributed by atoms with van der Waals surface area (Å²) < 4.78 is 4.14. The van der Waals surface area contributed by atoms with Gasteiger partial charge in [-0.1, -0.05) is 42.1 Å². The number of aliphatic imine (C=N–C) groups is 1. The van der Waals surface area contributed by atoms with Gasteiger partial charge < -0.3 is 15.4 Å². The molecule has 1 unspecified atom stereocenters. The van der Waals surface area contributed by atoms with Crippen molar-refractivity contribution in [3.8, 4) is 5.69 Å². The molecule has 10 heteroatoms. The van der Waals surface area contributed by atoms with Crippen molar-refractivity contribution in [2.45, 2.75) is 24.4 Å². The molecule has 0 aliphatic carbocycles. The Balaban J connectivity index is 1.78. The highest BCUT2D eigenvalue weighted by atomic mass is 32.2. The average Bonchev–Trinajstić information content (AvgIpc) is 3.42. The van der Waals surface area contributed by atoms with Crippen LogP contribution in [0.25, 0.3) is 5.69 Å². The minimum absolute atomic E-state index is 0.0164. The van der Waals surface area contributed by atoms with Crippen molar-refractivity contribution in [3.63, 3.8) is 0 Å². The number of rotatable bonds is 7. The second-order valence-corrected chi connectivity index (χ2v) is 9.04. The average molecular weight is 491 g/mol. The number of nitrogens with zero attached hydrogens (tertiary/aromatic N) is 5. The largest absolute Gasteiger partial charge is 0.394 e. The predicted octanol–water partition coefficient (Wildman–Crippen LogP) is 2.61. The maximum atomic E-state index is 13.2. The van der Waals surface area contributed by atoms with Crippen LogP contribution < -0.4 is 17.0 Å². The lowest BCUT2D eigenvalue weighted by molar-refractivity contribution is 0.235. The maximum absolute atomic E-state index is 13.2. The molecule has 4 aromatic rings.